The molecule has 2 aromatic rings. The van der Waals surface area contributed by atoms with Gasteiger partial charge in [-0.2, -0.15) is 0 Å². The lowest BCUT2D eigenvalue weighted by atomic mass is 9.73. The van der Waals surface area contributed by atoms with Gasteiger partial charge in [0.25, 0.3) is 0 Å². The molecule has 0 fully saturated rings. The lowest BCUT2D eigenvalue weighted by molar-refractivity contribution is -0.118. The van der Waals surface area contributed by atoms with Crippen LogP contribution in [0.4, 0.5) is 11.4 Å². The third-order valence-corrected chi connectivity index (χ3v) is 5.22. The van der Waals surface area contributed by atoms with Crippen molar-refractivity contribution in [3.63, 3.8) is 0 Å². The number of allylic oxidation sites excluding steroid dienone is 1. The van der Waals surface area contributed by atoms with Gasteiger partial charge in [-0.05, 0) is 43.0 Å². The molecule has 2 aliphatic rings. The maximum Gasteiger partial charge on any atom is 0.163 e. The van der Waals surface area contributed by atoms with E-state index < -0.39 is 0 Å². The molecule has 4 rings (SSSR count). The number of hydrogen-bond donors (Lipinski definition) is 3. The fourth-order valence-electron chi connectivity index (χ4n) is 4.03. The predicted octanol–water partition coefficient (Wildman–Crippen LogP) is 4.92. The first-order chi connectivity index (χ1) is 12.3. The number of rotatable bonds is 1. The van der Waals surface area contributed by atoms with E-state index >= 15 is 0 Å². The van der Waals surface area contributed by atoms with E-state index in [9.17, 15) is 9.90 Å². The molecule has 0 spiro atoms. The van der Waals surface area contributed by atoms with E-state index in [2.05, 4.69) is 24.5 Å². The third-order valence-electron chi connectivity index (χ3n) is 5.22. The van der Waals surface area contributed by atoms with Crippen LogP contribution in [-0.2, 0) is 4.79 Å². The number of phenols is 1. The molecule has 0 bridgehead atoms. The van der Waals surface area contributed by atoms with Crippen molar-refractivity contribution in [3.05, 3.63) is 64.9 Å². The molecule has 1 aliphatic heterocycles. The van der Waals surface area contributed by atoms with E-state index in [1.807, 2.05) is 43.3 Å². The SMILES string of the molecule is Cc1ccc(O)c([C@@H]2Nc3ccccc3NC3=C2C(=O)CC(C)(C)C3)c1. The molecule has 26 heavy (non-hydrogen) atoms. The molecule has 0 radical (unpaired) electrons. The number of ketones is 1. The Morgan fingerprint density at radius 3 is 2.58 bits per heavy atom. The van der Waals surface area contributed by atoms with Crippen molar-refractivity contribution in [2.45, 2.75) is 39.7 Å². The largest absolute Gasteiger partial charge is 0.508 e. The van der Waals surface area contributed by atoms with Gasteiger partial charge in [-0.15, -0.1) is 0 Å². The third kappa shape index (κ3) is 2.85. The number of aromatic hydroxyl groups is 1. The van der Waals surface area contributed by atoms with Crippen molar-refractivity contribution >= 4 is 17.2 Å². The van der Waals surface area contributed by atoms with Crippen LogP contribution in [0.1, 0.15) is 43.9 Å². The van der Waals surface area contributed by atoms with Gasteiger partial charge in [0.05, 0.1) is 17.4 Å². The Kier molecular flexibility index (Phi) is 3.79. The molecular formula is C22H24N2O2. The first-order valence-corrected chi connectivity index (χ1v) is 9.02. The molecule has 1 heterocycles. The summed E-state index contributed by atoms with van der Waals surface area (Å²) in [5.41, 5.74) is 5.29. The minimum Gasteiger partial charge on any atom is -0.508 e. The van der Waals surface area contributed by atoms with Gasteiger partial charge in [0.2, 0.25) is 0 Å². The summed E-state index contributed by atoms with van der Waals surface area (Å²) in [4.78, 5) is 13.1. The Balaban J connectivity index is 1.93. The maximum atomic E-state index is 13.1. The molecule has 3 N–H and O–H groups in total. The van der Waals surface area contributed by atoms with Crippen molar-refractivity contribution in [3.8, 4) is 5.75 Å². The molecule has 1 aliphatic carbocycles. The van der Waals surface area contributed by atoms with E-state index in [0.29, 0.717) is 6.42 Å². The highest BCUT2D eigenvalue weighted by Gasteiger charge is 2.39. The number of carbonyl (C=O) groups excluding carboxylic acids is 1. The summed E-state index contributed by atoms with van der Waals surface area (Å²) >= 11 is 0. The van der Waals surface area contributed by atoms with E-state index in [4.69, 9.17) is 0 Å². The van der Waals surface area contributed by atoms with Gasteiger partial charge in [-0.3, -0.25) is 4.79 Å². The summed E-state index contributed by atoms with van der Waals surface area (Å²) in [6, 6.07) is 13.1. The van der Waals surface area contributed by atoms with Gasteiger partial charge in [-0.25, -0.2) is 0 Å². The highest BCUT2D eigenvalue weighted by Crippen LogP contribution is 2.46. The van der Waals surface area contributed by atoms with E-state index in [0.717, 1.165) is 40.2 Å². The van der Waals surface area contributed by atoms with E-state index in [1.54, 1.807) is 6.07 Å². The van der Waals surface area contributed by atoms with E-state index in [1.165, 1.54) is 0 Å². The minimum absolute atomic E-state index is 0.0819. The first kappa shape index (κ1) is 16.7. The number of fused-ring (bicyclic) bond motifs is 1. The van der Waals surface area contributed by atoms with Crippen molar-refractivity contribution < 1.29 is 9.90 Å². The number of para-hydroxylation sites is 2. The normalized spacial score (nSPS) is 21.2. The highest BCUT2D eigenvalue weighted by molar-refractivity contribution is 6.01. The van der Waals surface area contributed by atoms with Crippen molar-refractivity contribution in [2.75, 3.05) is 10.6 Å². The summed E-state index contributed by atoms with van der Waals surface area (Å²) in [5.74, 6) is 0.340. The summed E-state index contributed by atoms with van der Waals surface area (Å²) < 4.78 is 0. The van der Waals surface area contributed by atoms with Gasteiger partial charge >= 0.3 is 0 Å². The van der Waals surface area contributed by atoms with Crippen molar-refractivity contribution in [2.24, 2.45) is 5.41 Å². The summed E-state index contributed by atoms with van der Waals surface area (Å²) in [6.45, 7) is 6.24. The van der Waals surface area contributed by atoms with Crippen LogP contribution in [0.25, 0.3) is 0 Å². The standard InChI is InChI=1S/C22H24N2O2/c1-13-8-9-18(25)14(10-13)21-20-17(11-22(2,3)12-19(20)26)23-15-6-4-5-7-16(15)24-21/h4-10,21,23-25H,11-12H2,1-3H3/t21-/m0/s1. The Morgan fingerprint density at radius 1 is 1.08 bits per heavy atom. The fraction of sp³-hybridized carbons (Fsp3) is 0.318. The molecule has 4 heteroatoms. The number of nitrogens with one attached hydrogen (secondary N) is 2. The number of aryl methyl sites for hydroxylation is 1. The van der Waals surface area contributed by atoms with Crippen molar-refractivity contribution in [1.29, 1.82) is 0 Å². The predicted molar refractivity (Wildman–Crippen MR) is 104 cm³/mol. The average molecular weight is 348 g/mol. The van der Waals surface area contributed by atoms with Crippen molar-refractivity contribution in [1.82, 2.24) is 0 Å². The first-order valence-electron chi connectivity index (χ1n) is 9.02. The quantitative estimate of drug-likeness (QED) is 0.684. The smallest absolute Gasteiger partial charge is 0.163 e. The zero-order chi connectivity index (χ0) is 18.5. The second-order valence-corrected chi connectivity index (χ2v) is 8.14. The van der Waals surface area contributed by atoms with Gasteiger partial charge in [0, 0.05) is 23.3 Å². The summed E-state index contributed by atoms with van der Waals surface area (Å²) in [5, 5.41) is 17.5. The number of hydrogen-bond acceptors (Lipinski definition) is 4. The van der Waals surface area contributed by atoms with Crippen LogP contribution in [0.3, 0.4) is 0 Å². The molecule has 4 nitrogen and oxygen atoms in total. The highest BCUT2D eigenvalue weighted by atomic mass is 16.3. The second kappa shape index (κ2) is 5.90. The van der Waals surface area contributed by atoms with Crippen LogP contribution < -0.4 is 10.6 Å². The van der Waals surface area contributed by atoms with Crippen LogP contribution >= 0.6 is 0 Å². The van der Waals surface area contributed by atoms with Crippen LogP contribution in [-0.4, -0.2) is 10.9 Å². The lowest BCUT2D eigenvalue weighted by Crippen LogP contribution is -2.31. The Hall–Kier alpha value is -2.75. The van der Waals surface area contributed by atoms with E-state index in [-0.39, 0.29) is 23.0 Å². The molecule has 0 saturated carbocycles. The number of anilines is 2. The topological polar surface area (TPSA) is 61.4 Å². The average Bonchev–Trinajstić information content (AvgIpc) is 2.72. The molecular weight excluding hydrogens is 324 g/mol. The monoisotopic (exact) mass is 348 g/mol. The minimum atomic E-state index is -0.371. The Morgan fingerprint density at radius 2 is 1.81 bits per heavy atom. The number of Topliss-reactive ketones (excluding diaryl/α,β-unsaturated/α-hetero) is 1. The number of carbonyl (C=O) groups is 1. The van der Waals surface area contributed by atoms with Crippen LogP contribution in [0.2, 0.25) is 0 Å². The molecule has 0 unspecified atom stereocenters. The molecule has 0 aromatic heterocycles. The zero-order valence-electron chi connectivity index (χ0n) is 15.4. The molecule has 0 saturated heterocycles. The Labute approximate surface area is 153 Å². The molecule has 0 amide bonds. The van der Waals surface area contributed by atoms with Crippen LogP contribution in [0.15, 0.2) is 53.7 Å². The summed E-state index contributed by atoms with van der Waals surface area (Å²) in [6.07, 6.45) is 1.31. The molecule has 134 valence electrons. The van der Waals surface area contributed by atoms with Gasteiger partial charge in [0.1, 0.15) is 5.75 Å². The van der Waals surface area contributed by atoms with Crippen LogP contribution in [0, 0.1) is 12.3 Å². The van der Waals surface area contributed by atoms with Crippen LogP contribution in [0.5, 0.6) is 5.75 Å². The van der Waals surface area contributed by atoms with Gasteiger partial charge < -0.3 is 15.7 Å². The fourth-order valence-corrected chi connectivity index (χ4v) is 4.03. The zero-order valence-corrected chi connectivity index (χ0v) is 15.4. The van der Waals surface area contributed by atoms with Gasteiger partial charge in [0.15, 0.2) is 5.78 Å². The molecule has 1 atom stereocenters. The maximum absolute atomic E-state index is 13.1. The number of benzene rings is 2. The Bertz CT molecular complexity index is 927. The second-order valence-electron chi connectivity index (χ2n) is 8.14. The van der Waals surface area contributed by atoms with Gasteiger partial charge in [-0.1, -0.05) is 37.6 Å². The molecule has 2 aromatic carbocycles. The summed E-state index contributed by atoms with van der Waals surface area (Å²) in [7, 11) is 0. The number of phenolic OH excluding ortho intramolecular Hbond substituents is 1. The lowest BCUT2D eigenvalue weighted by Gasteiger charge is -2.34.